The van der Waals surface area contributed by atoms with Gasteiger partial charge in [-0.2, -0.15) is 0 Å². The SMILES string of the molecule is Cc1ccc(S(=O)(=O)Nc2cc(C(=O)Nc3ccc(F)c(F)c3)ccc2C)cc1. The number of halogens is 2. The Bertz CT molecular complexity index is 1180. The maximum atomic E-state index is 13.3. The largest absolute Gasteiger partial charge is 0.322 e. The van der Waals surface area contributed by atoms with Crippen LogP contribution >= 0.6 is 0 Å². The maximum absolute atomic E-state index is 13.3. The van der Waals surface area contributed by atoms with Crippen LogP contribution in [0, 0.1) is 25.5 Å². The Kier molecular flexibility index (Phi) is 5.65. The van der Waals surface area contributed by atoms with Crippen molar-refractivity contribution in [2.24, 2.45) is 0 Å². The molecule has 0 aliphatic rings. The lowest BCUT2D eigenvalue weighted by Gasteiger charge is -2.13. The number of rotatable bonds is 5. The van der Waals surface area contributed by atoms with Crippen LogP contribution in [-0.2, 0) is 10.0 Å². The highest BCUT2D eigenvalue weighted by atomic mass is 32.2. The molecular formula is C21H18F2N2O3S. The summed E-state index contributed by atoms with van der Waals surface area (Å²) in [6, 6.07) is 13.8. The van der Waals surface area contributed by atoms with Gasteiger partial charge in [0.2, 0.25) is 0 Å². The minimum Gasteiger partial charge on any atom is -0.322 e. The van der Waals surface area contributed by atoms with Gasteiger partial charge >= 0.3 is 0 Å². The van der Waals surface area contributed by atoms with Crippen LogP contribution in [0.1, 0.15) is 21.5 Å². The Morgan fingerprint density at radius 1 is 0.862 bits per heavy atom. The molecule has 1 amide bonds. The number of nitrogens with one attached hydrogen (secondary N) is 2. The van der Waals surface area contributed by atoms with Gasteiger partial charge in [0.25, 0.3) is 15.9 Å². The third-order valence-corrected chi connectivity index (χ3v) is 5.63. The summed E-state index contributed by atoms with van der Waals surface area (Å²) in [6.07, 6.45) is 0. The van der Waals surface area contributed by atoms with Crippen molar-refractivity contribution in [3.63, 3.8) is 0 Å². The number of sulfonamides is 1. The Morgan fingerprint density at radius 2 is 1.55 bits per heavy atom. The van der Waals surface area contributed by atoms with E-state index in [1.54, 1.807) is 25.1 Å². The minimum absolute atomic E-state index is 0.0799. The first-order valence-corrected chi connectivity index (χ1v) is 10.1. The van der Waals surface area contributed by atoms with Crippen LogP contribution < -0.4 is 10.0 Å². The summed E-state index contributed by atoms with van der Waals surface area (Å²) in [5.41, 5.74) is 2.02. The van der Waals surface area contributed by atoms with E-state index >= 15 is 0 Å². The van der Waals surface area contributed by atoms with E-state index in [0.29, 0.717) is 5.56 Å². The van der Waals surface area contributed by atoms with Gasteiger partial charge in [0.05, 0.1) is 10.6 Å². The molecule has 0 saturated heterocycles. The molecule has 0 radical (unpaired) electrons. The number of hydrogen-bond donors (Lipinski definition) is 2. The smallest absolute Gasteiger partial charge is 0.261 e. The van der Waals surface area contributed by atoms with Gasteiger partial charge in [0, 0.05) is 17.3 Å². The first kappa shape index (κ1) is 20.5. The Balaban J connectivity index is 1.84. The molecule has 5 nitrogen and oxygen atoms in total. The molecule has 0 heterocycles. The predicted octanol–water partition coefficient (Wildman–Crippen LogP) is 4.63. The van der Waals surface area contributed by atoms with Gasteiger partial charge < -0.3 is 5.32 Å². The second-order valence-corrected chi connectivity index (χ2v) is 8.21. The normalized spacial score (nSPS) is 11.2. The zero-order chi connectivity index (χ0) is 21.2. The van der Waals surface area contributed by atoms with Crippen LogP contribution in [-0.4, -0.2) is 14.3 Å². The van der Waals surface area contributed by atoms with Gasteiger partial charge in [-0.1, -0.05) is 23.8 Å². The van der Waals surface area contributed by atoms with Gasteiger partial charge in [-0.25, -0.2) is 17.2 Å². The fourth-order valence-corrected chi connectivity index (χ4v) is 3.69. The van der Waals surface area contributed by atoms with Crippen molar-refractivity contribution in [3.8, 4) is 0 Å². The van der Waals surface area contributed by atoms with Crippen molar-refractivity contribution in [2.45, 2.75) is 18.7 Å². The highest BCUT2D eigenvalue weighted by molar-refractivity contribution is 7.92. The fraction of sp³-hybridized carbons (Fsp3) is 0.0952. The van der Waals surface area contributed by atoms with E-state index in [-0.39, 0.29) is 21.8 Å². The van der Waals surface area contributed by atoms with E-state index < -0.39 is 27.6 Å². The van der Waals surface area contributed by atoms with Gasteiger partial charge in [-0.15, -0.1) is 0 Å². The molecule has 0 fully saturated rings. The Labute approximate surface area is 167 Å². The zero-order valence-electron chi connectivity index (χ0n) is 15.7. The molecule has 3 rings (SSSR count). The lowest BCUT2D eigenvalue weighted by atomic mass is 10.1. The monoisotopic (exact) mass is 416 g/mol. The van der Waals surface area contributed by atoms with Crippen molar-refractivity contribution >= 4 is 27.3 Å². The summed E-state index contributed by atoms with van der Waals surface area (Å²) < 4.78 is 54.1. The van der Waals surface area contributed by atoms with E-state index in [9.17, 15) is 22.0 Å². The molecule has 0 bridgehead atoms. The average Bonchev–Trinajstić information content (AvgIpc) is 2.66. The van der Waals surface area contributed by atoms with Crippen molar-refractivity contribution in [1.82, 2.24) is 0 Å². The first-order chi connectivity index (χ1) is 13.7. The second kappa shape index (κ2) is 8.00. The molecule has 29 heavy (non-hydrogen) atoms. The highest BCUT2D eigenvalue weighted by Gasteiger charge is 2.17. The van der Waals surface area contributed by atoms with Crippen LogP contribution in [0.4, 0.5) is 20.2 Å². The number of carbonyl (C=O) groups excluding carboxylic acids is 1. The van der Waals surface area contributed by atoms with E-state index in [1.807, 2.05) is 6.92 Å². The topological polar surface area (TPSA) is 75.3 Å². The average molecular weight is 416 g/mol. The van der Waals surface area contributed by atoms with Gasteiger partial charge in [-0.05, 0) is 55.8 Å². The Morgan fingerprint density at radius 3 is 2.21 bits per heavy atom. The number of amides is 1. The van der Waals surface area contributed by atoms with Gasteiger partial charge in [0.15, 0.2) is 11.6 Å². The van der Waals surface area contributed by atoms with Crippen molar-refractivity contribution < 1.29 is 22.0 Å². The molecule has 150 valence electrons. The third kappa shape index (κ3) is 4.78. The molecule has 0 aliphatic carbocycles. The molecule has 3 aromatic rings. The van der Waals surface area contributed by atoms with Crippen LogP contribution in [0.2, 0.25) is 0 Å². The molecule has 0 saturated carbocycles. The number of anilines is 2. The highest BCUT2D eigenvalue weighted by Crippen LogP contribution is 2.22. The van der Waals surface area contributed by atoms with Gasteiger partial charge in [0.1, 0.15) is 0 Å². The summed E-state index contributed by atoms with van der Waals surface area (Å²) in [7, 11) is -3.84. The molecule has 8 heteroatoms. The molecule has 0 unspecified atom stereocenters. The van der Waals surface area contributed by atoms with E-state index in [2.05, 4.69) is 10.0 Å². The molecule has 0 spiro atoms. The lowest BCUT2D eigenvalue weighted by molar-refractivity contribution is 0.102. The first-order valence-electron chi connectivity index (χ1n) is 8.62. The number of hydrogen-bond acceptors (Lipinski definition) is 3. The quantitative estimate of drug-likeness (QED) is 0.637. The molecule has 3 aromatic carbocycles. The molecule has 0 aromatic heterocycles. The molecule has 0 atom stereocenters. The third-order valence-electron chi connectivity index (χ3n) is 4.25. The standard InChI is InChI=1S/C21H18F2N2O3S/c1-13-3-8-17(9-4-13)29(27,28)25-20-11-15(6-5-14(20)2)21(26)24-16-7-10-18(22)19(23)12-16/h3-12,25H,1-2H3,(H,24,26). The summed E-state index contributed by atoms with van der Waals surface area (Å²) >= 11 is 0. The maximum Gasteiger partial charge on any atom is 0.261 e. The Hall–Kier alpha value is -3.26. The lowest BCUT2D eigenvalue weighted by Crippen LogP contribution is -2.16. The van der Waals surface area contributed by atoms with E-state index in [0.717, 1.165) is 17.7 Å². The molecule has 0 aliphatic heterocycles. The minimum atomic E-state index is -3.84. The second-order valence-electron chi connectivity index (χ2n) is 6.53. The van der Waals surface area contributed by atoms with Crippen LogP contribution in [0.15, 0.2) is 65.6 Å². The number of benzene rings is 3. The number of aryl methyl sites for hydroxylation is 2. The van der Waals surface area contributed by atoms with Crippen molar-refractivity contribution in [3.05, 3.63) is 89.0 Å². The van der Waals surface area contributed by atoms with Gasteiger partial charge in [-0.3, -0.25) is 9.52 Å². The predicted molar refractivity (Wildman–Crippen MR) is 107 cm³/mol. The summed E-state index contributed by atoms with van der Waals surface area (Å²) in [4.78, 5) is 12.5. The van der Waals surface area contributed by atoms with Crippen molar-refractivity contribution in [1.29, 1.82) is 0 Å². The van der Waals surface area contributed by atoms with Crippen LogP contribution in [0.25, 0.3) is 0 Å². The van der Waals surface area contributed by atoms with Crippen LogP contribution in [0.3, 0.4) is 0 Å². The van der Waals surface area contributed by atoms with Crippen molar-refractivity contribution in [2.75, 3.05) is 10.0 Å². The fourth-order valence-electron chi connectivity index (χ4n) is 2.57. The summed E-state index contributed by atoms with van der Waals surface area (Å²) in [5.74, 6) is -2.70. The van der Waals surface area contributed by atoms with Crippen LogP contribution in [0.5, 0.6) is 0 Å². The zero-order valence-corrected chi connectivity index (χ0v) is 16.5. The number of carbonyl (C=O) groups is 1. The van der Waals surface area contributed by atoms with E-state index in [1.165, 1.54) is 30.3 Å². The van der Waals surface area contributed by atoms with E-state index in [4.69, 9.17) is 0 Å². The summed E-state index contributed by atoms with van der Waals surface area (Å²) in [6.45, 7) is 3.55. The molecule has 2 N–H and O–H groups in total. The summed E-state index contributed by atoms with van der Waals surface area (Å²) in [5, 5.41) is 2.45. The molecular weight excluding hydrogens is 398 g/mol.